The van der Waals surface area contributed by atoms with Crippen molar-refractivity contribution < 1.29 is 19.0 Å². The molecule has 0 saturated carbocycles. The molecule has 2 aromatic carbocycles. The molecule has 1 saturated heterocycles. The zero-order valence-electron chi connectivity index (χ0n) is 21.0. The second-order valence-electron chi connectivity index (χ2n) is 9.70. The van der Waals surface area contributed by atoms with Gasteiger partial charge in [0.2, 0.25) is 0 Å². The molecule has 36 heavy (non-hydrogen) atoms. The summed E-state index contributed by atoms with van der Waals surface area (Å²) in [5, 5.41) is 10.3. The highest BCUT2D eigenvalue weighted by Crippen LogP contribution is 2.36. The summed E-state index contributed by atoms with van der Waals surface area (Å²) in [7, 11) is 1.60. The van der Waals surface area contributed by atoms with Crippen LogP contribution in [-0.4, -0.2) is 53.5 Å². The molecule has 5 nitrogen and oxygen atoms in total. The van der Waals surface area contributed by atoms with Gasteiger partial charge < -0.3 is 14.7 Å². The third-order valence-corrected chi connectivity index (χ3v) is 8.21. The molecule has 2 heterocycles. The van der Waals surface area contributed by atoms with E-state index >= 15 is 4.39 Å². The number of carboxylic acid groups (broad SMARTS) is 1. The third-order valence-electron chi connectivity index (χ3n) is 7.22. The Morgan fingerprint density at radius 2 is 2.03 bits per heavy atom. The number of ether oxygens (including phenoxy) is 1. The summed E-state index contributed by atoms with van der Waals surface area (Å²) in [6.45, 7) is 4.71. The number of aryl methyl sites for hydroxylation is 1. The lowest BCUT2D eigenvalue weighted by atomic mass is 9.79. The molecule has 1 aliphatic rings. The second-order valence-corrected chi connectivity index (χ2v) is 10.9. The molecule has 7 heteroatoms. The van der Waals surface area contributed by atoms with E-state index in [2.05, 4.69) is 41.1 Å². The number of methoxy groups -OCH3 is 1. The van der Waals surface area contributed by atoms with Crippen LogP contribution in [-0.2, 0) is 4.79 Å². The molecule has 4 rings (SSSR count). The number of carboxylic acids is 1. The first kappa shape index (κ1) is 26.4. The molecular weight excluding hydrogens is 475 g/mol. The fourth-order valence-corrected chi connectivity index (χ4v) is 6.10. The molecule has 0 unspecified atom stereocenters. The molecule has 0 aliphatic carbocycles. The Morgan fingerprint density at radius 1 is 1.22 bits per heavy atom. The van der Waals surface area contributed by atoms with E-state index in [1.54, 1.807) is 19.4 Å². The molecule has 3 atom stereocenters. The lowest BCUT2D eigenvalue weighted by Gasteiger charge is -2.38. The van der Waals surface area contributed by atoms with E-state index in [0.717, 1.165) is 42.7 Å². The van der Waals surface area contributed by atoms with Crippen LogP contribution in [0.4, 0.5) is 4.39 Å². The number of rotatable bonds is 11. The smallest absolute Gasteiger partial charge is 0.303 e. The predicted molar refractivity (Wildman–Crippen MR) is 144 cm³/mol. The number of piperidine rings is 1. The number of thioether (sulfide) groups is 1. The van der Waals surface area contributed by atoms with Crippen LogP contribution in [0.25, 0.3) is 10.9 Å². The summed E-state index contributed by atoms with van der Waals surface area (Å²) in [4.78, 5) is 19.6. The lowest BCUT2D eigenvalue weighted by Crippen LogP contribution is -2.42. The minimum atomic E-state index is -1.13. The number of pyridine rings is 1. The number of carbonyl (C=O) groups is 1. The van der Waals surface area contributed by atoms with Crippen LogP contribution >= 0.6 is 11.8 Å². The first-order valence-corrected chi connectivity index (χ1v) is 13.6. The van der Waals surface area contributed by atoms with Gasteiger partial charge in [-0.2, -0.15) is 0 Å². The molecule has 3 aromatic rings. The first-order valence-electron chi connectivity index (χ1n) is 12.6. The Bertz CT molecular complexity index is 1160. The highest BCUT2D eigenvalue weighted by molar-refractivity contribution is 7.99. The Labute approximate surface area is 217 Å². The molecule has 1 N–H and O–H groups in total. The van der Waals surface area contributed by atoms with Gasteiger partial charge in [-0.25, -0.2) is 4.39 Å². The van der Waals surface area contributed by atoms with Crippen molar-refractivity contribution in [3.63, 3.8) is 0 Å². The Balaban J connectivity index is 1.34. The number of alkyl halides is 1. The molecule has 0 bridgehead atoms. The van der Waals surface area contributed by atoms with E-state index in [0.29, 0.717) is 24.2 Å². The molecule has 1 fully saturated rings. The van der Waals surface area contributed by atoms with Crippen LogP contribution in [0.1, 0.15) is 43.0 Å². The van der Waals surface area contributed by atoms with Gasteiger partial charge in [-0.3, -0.25) is 9.78 Å². The molecule has 0 spiro atoms. The summed E-state index contributed by atoms with van der Waals surface area (Å²) in [5.41, 5.74) is 2.63. The van der Waals surface area contributed by atoms with E-state index in [-0.39, 0.29) is 18.3 Å². The highest BCUT2D eigenvalue weighted by atomic mass is 32.2. The van der Waals surface area contributed by atoms with Crippen molar-refractivity contribution in [1.82, 2.24) is 9.88 Å². The molecule has 1 aromatic heterocycles. The summed E-state index contributed by atoms with van der Waals surface area (Å²) in [5.74, 6) is 1.13. The lowest BCUT2D eigenvalue weighted by molar-refractivity contribution is -0.139. The van der Waals surface area contributed by atoms with Crippen molar-refractivity contribution in [3.05, 3.63) is 65.9 Å². The quantitative estimate of drug-likeness (QED) is 0.295. The number of hydrogen-bond acceptors (Lipinski definition) is 5. The predicted octanol–water partition coefficient (Wildman–Crippen LogP) is 6.55. The van der Waals surface area contributed by atoms with Gasteiger partial charge in [0.25, 0.3) is 0 Å². The minimum absolute atomic E-state index is 0.0436. The SMILES string of the molecule is COc1ccc2nccc([C@@H](F)CC[C@@H]3CCN(CCSc4ccc(C)cc4)C[C@@H]3CC(=O)O)c2c1. The Kier molecular flexibility index (Phi) is 9.21. The summed E-state index contributed by atoms with van der Waals surface area (Å²) in [6.07, 6.45) is 2.62. The second kappa shape index (κ2) is 12.5. The van der Waals surface area contributed by atoms with Crippen LogP contribution < -0.4 is 4.74 Å². The van der Waals surface area contributed by atoms with Gasteiger partial charge in [0.1, 0.15) is 11.9 Å². The van der Waals surface area contributed by atoms with Gasteiger partial charge in [-0.15, -0.1) is 11.8 Å². The Morgan fingerprint density at radius 3 is 2.78 bits per heavy atom. The summed E-state index contributed by atoms with van der Waals surface area (Å²) < 4.78 is 20.8. The number of benzene rings is 2. The number of hydrogen-bond donors (Lipinski definition) is 1. The van der Waals surface area contributed by atoms with Gasteiger partial charge in [0.05, 0.1) is 12.6 Å². The van der Waals surface area contributed by atoms with E-state index in [1.165, 1.54) is 10.5 Å². The highest BCUT2D eigenvalue weighted by Gasteiger charge is 2.31. The van der Waals surface area contributed by atoms with Gasteiger partial charge in [0, 0.05) is 41.7 Å². The monoisotopic (exact) mass is 510 g/mol. The molecular formula is C29H35FN2O3S. The van der Waals surface area contributed by atoms with Gasteiger partial charge in [0.15, 0.2) is 0 Å². The van der Waals surface area contributed by atoms with Crippen molar-refractivity contribution >= 4 is 28.6 Å². The standard InChI is InChI=1S/C29H35FN2O3S/c1-20-3-7-24(8-4-20)36-16-15-32-14-12-21(22(19-32)17-29(33)34)5-9-27(30)25-11-13-31-28-10-6-23(35-2)18-26(25)28/h3-4,6-8,10-11,13,18,21-22,27H,5,9,12,14-17,19H2,1-2H3,(H,33,34)/t21-,22+,27+/m1/s1. The normalized spacial score (nSPS) is 19.3. The van der Waals surface area contributed by atoms with Gasteiger partial charge in [-0.1, -0.05) is 17.7 Å². The average Bonchev–Trinajstić information content (AvgIpc) is 2.88. The molecule has 0 amide bonds. The van der Waals surface area contributed by atoms with Crippen LogP contribution in [0.2, 0.25) is 0 Å². The number of fused-ring (bicyclic) bond motifs is 1. The molecule has 1 aliphatic heterocycles. The van der Waals surface area contributed by atoms with Gasteiger partial charge >= 0.3 is 5.97 Å². The van der Waals surface area contributed by atoms with Crippen molar-refractivity contribution in [2.75, 3.05) is 32.5 Å². The maximum Gasteiger partial charge on any atom is 0.303 e. The number of likely N-dealkylation sites (tertiary alicyclic amines) is 1. The number of halogens is 1. The van der Waals surface area contributed by atoms with E-state index in [1.807, 2.05) is 30.0 Å². The first-order chi connectivity index (χ1) is 17.4. The molecule has 0 radical (unpaired) electrons. The topological polar surface area (TPSA) is 62.7 Å². The number of aromatic nitrogens is 1. The van der Waals surface area contributed by atoms with E-state index in [4.69, 9.17) is 4.74 Å². The van der Waals surface area contributed by atoms with Crippen LogP contribution in [0.5, 0.6) is 5.75 Å². The largest absolute Gasteiger partial charge is 0.497 e. The minimum Gasteiger partial charge on any atom is -0.497 e. The van der Waals surface area contributed by atoms with E-state index < -0.39 is 12.1 Å². The fraction of sp³-hybridized carbons (Fsp3) is 0.448. The number of nitrogens with zero attached hydrogens (tertiary/aromatic N) is 2. The molecule has 192 valence electrons. The number of aliphatic carboxylic acids is 1. The van der Waals surface area contributed by atoms with Crippen LogP contribution in [0, 0.1) is 18.8 Å². The van der Waals surface area contributed by atoms with Crippen LogP contribution in [0.3, 0.4) is 0 Å². The third kappa shape index (κ3) is 6.98. The summed E-state index contributed by atoms with van der Waals surface area (Å²) >= 11 is 1.83. The van der Waals surface area contributed by atoms with Gasteiger partial charge in [-0.05, 0) is 86.5 Å². The van der Waals surface area contributed by atoms with Crippen molar-refractivity contribution in [1.29, 1.82) is 0 Å². The maximum atomic E-state index is 15.5. The van der Waals surface area contributed by atoms with Crippen molar-refractivity contribution in [3.8, 4) is 5.75 Å². The maximum absolute atomic E-state index is 15.5. The van der Waals surface area contributed by atoms with Crippen molar-refractivity contribution in [2.45, 2.75) is 43.7 Å². The average molecular weight is 511 g/mol. The fourth-order valence-electron chi connectivity index (χ4n) is 5.18. The van der Waals surface area contributed by atoms with Crippen molar-refractivity contribution in [2.24, 2.45) is 11.8 Å². The zero-order chi connectivity index (χ0) is 25.5. The van der Waals surface area contributed by atoms with E-state index in [9.17, 15) is 9.90 Å². The Hall–Kier alpha value is -2.64. The summed E-state index contributed by atoms with van der Waals surface area (Å²) in [6, 6.07) is 15.8. The van der Waals surface area contributed by atoms with Crippen LogP contribution in [0.15, 0.2) is 59.6 Å². The zero-order valence-corrected chi connectivity index (χ0v) is 21.8.